The lowest BCUT2D eigenvalue weighted by molar-refractivity contribution is -0.613. The van der Waals surface area contributed by atoms with Crippen LogP contribution < -0.4 is 23.2 Å². The summed E-state index contributed by atoms with van der Waals surface area (Å²) in [6, 6.07) is 14.5. The van der Waals surface area contributed by atoms with Gasteiger partial charge in [0.05, 0.1) is 22.2 Å². The van der Waals surface area contributed by atoms with Crippen LogP contribution in [0.25, 0.3) is 22.5 Å². The summed E-state index contributed by atoms with van der Waals surface area (Å²) >= 11 is 12.2. The van der Waals surface area contributed by atoms with Crippen LogP contribution in [-0.2, 0) is 7.05 Å². The van der Waals surface area contributed by atoms with E-state index in [-0.39, 0.29) is 5.96 Å². The van der Waals surface area contributed by atoms with Crippen LogP contribution >= 0.6 is 23.2 Å². The highest BCUT2D eigenvalue weighted by Gasteiger charge is 2.16. The minimum Gasteiger partial charge on any atom is -0.370 e. The summed E-state index contributed by atoms with van der Waals surface area (Å²) in [5.41, 5.74) is 15.6. The average Bonchev–Trinajstić information content (AvgIpc) is 2.95. The fourth-order valence-electron chi connectivity index (χ4n) is 2.93. The lowest BCUT2D eigenvalue weighted by atomic mass is 10.1. The lowest BCUT2D eigenvalue weighted by Gasteiger charge is -2.11. The molecule has 0 fully saturated rings. The molecule has 0 aliphatic heterocycles. The highest BCUT2D eigenvalue weighted by Crippen LogP contribution is 2.38. The van der Waals surface area contributed by atoms with Gasteiger partial charge in [-0.1, -0.05) is 23.2 Å². The van der Waals surface area contributed by atoms with Crippen molar-refractivity contribution in [3.63, 3.8) is 0 Å². The fraction of sp³-hybridized carbons (Fsp3) is 0.0556. The van der Waals surface area contributed by atoms with E-state index in [0.29, 0.717) is 21.4 Å². The molecule has 0 unspecified atom stereocenters. The number of nitrogens with two attached hydrogens (primary N) is 4. The zero-order chi connectivity index (χ0) is 20.4. The third kappa shape index (κ3) is 4.03. The molecule has 3 aromatic rings. The lowest BCUT2D eigenvalue weighted by Crippen LogP contribution is -2.24. The maximum absolute atomic E-state index is 6.10. The van der Waals surface area contributed by atoms with Gasteiger partial charge in [-0.3, -0.25) is 0 Å². The van der Waals surface area contributed by atoms with E-state index in [2.05, 4.69) is 10.1 Å². The molecule has 2 aromatic carbocycles. The summed E-state index contributed by atoms with van der Waals surface area (Å²) in [5, 5.41) is 5.16. The summed E-state index contributed by atoms with van der Waals surface area (Å²) in [4.78, 5) is 4.93. The summed E-state index contributed by atoms with van der Waals surface area (Å²) in [7, 11) is 1.92. The Hall–Kier alpha value is -3.23. The molecule has 8 N–H and O–H groups in total. The van der Waals surface area contributed by atoms with Crippen molar-refractivity contribution in [1.82, 2.24) is 4.57 Å². The number of aromatic nitrogens is 1. The van der Waals surface area contributed by atoms with E-state index >= 15 is 0 Å². The monoisotopic (exact) mass is 417 g/mol. The minimum absolute atomic E-state index is 0.0530. The smallest absolute Gasteiger partial charge is 0.191 e. The Bertz CT molecular complexity index is 1010. The van der Waals surface area contributed by atoms with Gasteiger partial charge in [0, 0.05) is 28.2 Å². The van der Waals surface area contributed by atoms with Crippen LogP contribution in [0, 0.1) is 0 Å². The first-order valence-corrected chi connectivity index (χ1v) is 8.88. The number of hydrogen-bond donors (Lipinski definition) is 4. The molecule has 8 nitrogen and oxygen atoms in total. The van der Waals surface area contributed by atoms with Gasteiger partial charge in [-0.25, -0.2) is 4.99 Å². The Balaban J connectivity index is 2.18. The van der Waals surface area contributed by atoms with E-state index < -0.39 is 0 Å². The third-order valence-corrected chi connectivity index (χ3v) is 4.54. The summed E-state index contributed by atoms with van der Waals surface area (Å²) < 4.78 is 1.98. The van der Waals surface area contributed by atoms with Crippen LogP contribution in [0.1, 0.15) is 0 Å². The second-order valence-electron chi connectivity index (χ2n) is 6.00. The molecule has 0 spiro atoms. The van der Waals surface area contributed by atoms with Gasteiger partial charge in [0.1, 0.15) is 10.6 Å². The molecular formula is C18H19Cl2N8+. The number of nitrogens with zero attached hydrogens (tertiary/aromatic N) is 4. The minimum atomic E-state index is -0.0530. The van der Waals surface area contributed by atoms with Crippen molar-refractivity contribution in [3.05, 3.63) is 58.6 Å². The molecule has 3 rings (SSSR count). The van der Waals surface area contributed by atoms with E-state index in [4.69, 9.17) is 46.4 Å². The second-order valence-corrected chi connectivity index (χ2v) is 6.88. The standard InChI is InChI=1S/C18H18Cl2N8/c1-27-16(12-4-2-10(19)8-14(12)25-18(21)22)6-7-17(27)13-5-3-11(20)9-15(13)26-28(23)24/h2-9H,23-24H2,1H3,(H3,21,22)/p+1. The zero-order valence-corrected chi connectivity index (χ0v) is 16.5. The number of halogens is 2. The maximum atomic E-state index is 6.10. The number of benzene rings is 2. The summed E-state index contributed by atoms with van der Waals surface area (Å²) in [6.07, 6.45) is 0. The van der Waals surface area contributed by atoms with Gasteiger partial charge in [0.15, 0.2) is 5.96 Å². The molecule has 28 heavy (non-hydrogen) atoms. The normalized spacial score (nSPS) is 10.5. The highest BCUT2D eigenvalue weighted by molar-refractivity contribution is 6.31. The number of guanidine groups is 1. The number of rotatable bonds is 4. The van der Waals surface area contributed by atoms with Crippen molar-refractivity contribution in [2.24, 2.45) is 40.3 Å². The van der Waals surface area contributed by atoms with Gasteiger partial charge in [0.25, 0.3) is 0 Å². The zero-order valence-electron chi connectivity index (χ0n) is 15.0. The molecule has 0 aliphatic rings. The first-order chi connectivity index (χ1) is 13.3. The molecule has 0 amide bonds. The van der Waals surface area contributed by atoms with Gasteiger partial charge in [-0.05, 0) is 48.5 Å². The Morgan fingerprint density at radius 3 is 1.86 bits per heavy atom. The van der Waals surface area contributed by atoms with Gasteiger partial charge in [0.2, 0.25) is 0 Å². The van der Waals surface area contributed by atoms with Crippen LogP contribution in [0.2, 0.25) is 10.0 Å². The number of hydrazine groups is 2. The molecule has 0 atom stereocenters. The molecule has 0 aliphatic carbocycles. The van der Waals surface area contributed by atoms with Crippen LogP contribution in [0.3, 0.4) is 0 Å². The van der Waals surface area contributed by atoms with Crippen molar-refractivity contribution >= 4 is 40.5 Å². The van der Waals surface area contributed by atoms with E-state index in [1.165, 1.54) is 0 Å². The van der Waals surface area contributed by atoms with Gasteiger partial charge >= 0.3 is 0 Å². The van der Waals surface area contributed by atoms with Gasteiger partial charge in [-0.2, -0.15) is 11.7 Å². The van der Waals surface area contributed by atoms with Crippen molar-refractivity contribution in [2.75, 3.05) is 0 Å². The van der Waals surface area contributed by atoms with E-state index in [9.17, 15) is 0 Å². The molecule has 0 saturated heterocycles. The van der Waals surface area contributed by atoms with Crippen molar-refractivity contribution < 1.29 is 4.92 Å². The molecule has 0 bridgehead atoms. The molecule has 10 heteroatoms. The largest absolute Gasteiger partial charge is 0.370 e. The highest BCUT2D eigenvalue weighted by atomic mass is 35.5. The molecular weight excluding hydrogens is 399 g/mol. The predicted molar refractivity (Wildman–Crippen MR) is 112 cm³/mol. The van der Waals surface area contributed by atoms with Crippen LogP contribution in [0.5, 0.6) is 0 Å². The molecule has 144 valence electrons. The van der Waals surface area contributed by atoms with Gasteiger partial charge < -0.3 is 16.0 Å². The van der Waals surface area contributed by atoms with E-state index in [1.807, 2.05) is 35.9 Å². The van der Waals surface area contributed by atoms with Gasteiger partial charge in [-0.15, -0.1) is 0 Å². The fourth-order valence-corrected chi connectivity index (χ4v) is 3.27. The van der Waals surface area contributed by atoms with Crippen LogP contribution in [0.15, 0.2) is 58.6 Å². The first kappa shape index (κ1) is 19.5. The van der Waals surface area contributed by atoms with Crippen molar-refractivity contribution in [1.29, 1.82) is 0 Å². The van der Waals surface area contributed by atoms with E-state index in [0.717, 1.165) is 27.4 Å². The summed E-state index contributed by atoms with van der Waals surface area (Å²) in [6.45, 7) is 0. The Kier molecular flexibility index (Phi) is 5.43. The molecule has 0 saturated carbocycles. The number of aliphatic imine (C=N–C) groups is 1. The topological polar surface area (TPSA) is 137 Å². The van der Waals surface area contributed by atoms with Crippen molar-refractivity contribution in [2.45, 2.75) is 0 Å². The molecule has 1 heterocycles. The summed E-state index contributed by atoms with van der Waals surface area (Å²) in [5.74, 6) is 10.9. The quantitative estimate of drug-likeness (QED) is 0.129. The molecule has 1 aromatic heterocycles. The van der Waals surface area contributed by atoms with E-state index in [1.54, 1.807) is 24.3 Å². The van der Waals surface area contributed by atoms with Crippen LogP contribution in [0.4, 0.5) is 11.4 Å². The second kappa shape index (κ2) is 7.79. The predicted octanol–water partition coefficient (Wildman–Crippen LogP) is 3.41. The van der Waals surface area contributed by atoms with Crippen LogP contribution in [-0.4, -0.2) is 15.4 Å². The maximum Gasteiger partial charge on any atom is 0.191 e. The first-order valence-electron chi connectivity index (χ1n) is 8.12. The average molecular weight is 418 g/mol. The SMILES string of the molecule is Cn1c(-c2ccc(Cl)cc2N=C(N)N)ccc1-c1ccc(Cl)cc1N=[N+](N)N. The Labute approximate surface area is 171 Å². The Morgan fingerprint density at radius 1 is 0.857 bits per heavy atom. The van der Waals surface area contributed by atoms with Crippen molar-refractivity contribution in [3.8, 4) is 22.5 Å². The Morgan fingerprint density at radius 2 is 1.36 bits per heavy atom. The molecule has 0 radical (unpaired) electrons. The number of hydrogen-bond acceptors (Lipinski definition) is 2. The third-order valence-electron chi connectivity index (χ3n) is 4.07.